The number of nitrogens with one attached hydrogen (secondary N) is 2. The predicted molar refractivity (Wildman–Crippen MR) is 52.6 cm³/mol. The Balaban J connectivity index is 2.50. The van der Waals surface area contributed by atoms with Gasteiger partial charge in [-0.25, -0.2) is 17.9 Å². The van der Waals surface area contributed by atoms with E-state index in [1.54, 1.807) is 6.92 Å². The minimum Gasteiger partial charge on any atom is -0.329 e. The largest absolute Gasteiger partial charge is 0.329 e. The monoisotopic (exact) mass is 235 g/mol. The van der Waals surface area contributed by atoms with Gasteiger partial charge in [0.05, 0.1) is 12.3 Å². The molecule has 8 heteroatoms. The highest BCUT2D eigenvalue weighted by Crippen LogP contribution is 1.99. The number of sulfonamides is 1. The van der Waals surface area contributed by atoms with Crippen molar-refractivity contribution in [3.05, 3.63) is 0 Å². The summed E-state index contributed by atoms with van der Waals surface area (Å²) in [5, 5.41) is 2.31. The maximum atomic E-state index is 11.2. The first kappa shape index (κ1) is 11.9. The van der Waals surface area contributed by atoms with E-state index in [-0.39, 0.29) is 18.8 Å². The number of hydrogen-bond acceptors (Lipinski definition) is 4. The third kappa shape index (κ3) is 3.17. The molecule has 0 aromatic rings. The minimum atomic E-state index is -3.39. The highest BCUT2D eigenvalue weighted by molar-refractivity contribution is 7.89. The second-order valence-electron chi connectivity index (χ2n) is 3.02. The van der Waals surface area contributed by atoms with E-state index in [0.717, 1.165) is 4.90 Å². The highest BCUT2D eigenvalue weighted by Gasteiger charge is 2.29. The SMILES string of the molecule is CCNS(=O)(=O)CCN1C(=O)CNC1=O. The third-order valence-corrected chi connectivity index (χ3v) is 3.33. The Morgan fingerprint density at radius 3 is 2.60 bits per heavy atom. The molecule has 1 fully saturated rings. The Kier molecular flexibility index (Phi) is 3.64. The highest BCUT2D eigenvalue weighted by atomic mass is 32.2. The lowest BCUT2D eigenvalue weighted by atomic mass is 10.5. The molecule has 0 aromatic heterocycles. The van der Waals surface area contributed by atoms with Crippen molar-refractivity contribution >= 4 is 22.0 Å². The zero-order chi connectivity index (χ0) is 11.5. The molecule has 0 atom stereocenters. The van der Waals surface area contributed by atoms with E-state index in [1.807, 2.05) is 0 Å². The van der Waals surface area contributed by atoms with E-state index in [2.05, 4.69) is 10.0 Å². The van der Waals surface area contributed by atoms with Crippen LogP contribution in [0.15, 0.2) is 0 Å². The van der Waals surface area contributed by atoms with Crippen LogP contribution in [0.25, 0.3) is 0 Å². The summed E-state index contributed by atoms with van der Waals surface area (Å²) in [5.74, 6) is -0.660. The summed E-state index contributed by atoms with van der Waals surface area (Å²) in [6.07, 6.45) is 0. The van der Waals surface area contributed by atoms with Crippen molar-refractivity contribution in [3.63, 3.8) is 0 Å². The predicted octanol–water partition coefficient (Wildman–Crippen LogP) is -1.52. The average Bonchev–Trinajstić information content (AvgIpc) is 2.44. The fraction of sp³-hybridized carbons (Fsp3) is 0.714. The molecule has 3 amide bonds. The molecule has 1 heterocycles. The molecule has 0 spiro atoms. The molecular formula is C7H13N3O4S. The molecule has 1 saturated heterocycles. The van der Waals surface area contributed by atoms with E-state index in [4.69, 9.17) is 0 Å². The van der Waals surface area contributed by atoms with Gasteiger partial charge >= 0.3 is 6.03 Å². The molecule has 7 nitrogen and oxygen atoms in total. The van der Waals surface area contributed by atoms with Gasteiger partial charge in [0.1, 0.15) is 0 Å². The lowest BCUT2D eigenvalue weighted by molar-refractivity contribution is -0.124. The van der Waals surface area contributed by atoms with Crippen LogP contribution in [-0.4, -0.2) is 50.6 Å². The number of urea groups is 1. The van der Waals surface area contributed by atoms with Crippen LogP contribution >= 0.6 is 0 Å². The minimum absolute atomic E-state index is 0.0555. The Hall–Kier alpha value is -1.15. The molecule has 0 aliphatic carbocycles. The number of imide groups is 1. The van der Waals surface area contributed by atoms with Crippen molar-refractivity contribution in [2.24, 2.45) is 0 Å². The number of amides is 3. The second kappa shape index (κ2) is 4.58. The molecule has 0 radical (unpaired) electrons. The first-order valence-electron chi connectivity index (χ1n) is 4.52. The van der Waals surface area contributed by atoms with Crippen molar-refractivity contribution in [1.29, 1.82) is 0 Å². The van der Waals surface area contributed by atoms with Crippen LogP contribution in [0.4, 0.5) is 4.79 Å². The Morgan fingerprint density at radius 2 is 2.13 bits per heavy atom. The summed E-state index contributed by atoms with van der Waals surface area (Å²) in [7, 11) is -3.39. The van der Waals surface area contributed by atoms with Gasteiger partial charge in [-0.05, 0) is 0 Å². The van der Waals surface area contributed by atoms with E-state index in [0.29, 0.717) is 6.54 Å². The summed E-state index contributed by atoms with van der Waals surface area (Å²) >= 11 is 0. The van der Waals surface area contributed by atoms with Crippen molar-refractivity contribution in [1.82, 2.24) is 14.9 Å². The topological polar surface area (TPSA) is 95.6 Å². The van der Waals surface area contributed by atoms with E-state index < -0.39 is 22.0 Å². The molecule has 0 bridgehead atoms. The zero-order valence-corrected chi connectivity index (χ0v) is 9.13. The van der Waals surface area contributed by atoms with E-state index in [9.17, 15) is 18.0 Å². The molecule has 86 valence electrons. The maximum absolute atomic E-state index is 11.2. The summed E-state index contributed by atoms with van der Waals surface area (Å²) in [6, 6.07) is -0.535. The van der Waals surface area contributed by atoms with Gasteiger partial charge in [-0.15, -0.1) is 0 Å². The first-order valence-corrected chi connectivity index (χ1v) is 6.17. The van der Waals surface area contributed by atoms with Crippen LogP contribution in [0.3, 0.4) is 0 Å². The molecule has 1 aliphatic rings. The van der Waals surface area contributed by atoms with Gasteiger partial charge in [0.2, 0.25) is 15.9 Å². The van der Waals surface area contributed by atoms with Crippen LogP contribution in [-0.2, 0) is 14.8 Å². The molecular weight excluding hydrogens is 222 g/mol. The normalized spacial score (nSPS) is 17.0. The van der Waals surface area contributed by atoms with E-state index in [1.165, 1.54) is 0 Å². The second-order valence-corrected chi connectivity index (χ2v) is 4.95. The maximum Gasteiger partial charge on any atom is 0.324 e. The fourth-order valence-electron chi connectivity index (χ4n) is 1.19. The lowest BCUT2D eigenvalue weighted by Gasteiger charge is -2.12. The molecule has 0 unspecified atom stereocenters. The first-order chi connectivity index (χ1) is 6.96. The number of nitrogens with zero attached hydrogens (tertiary/aromatic N) is 1. The van der Waals surface area contributed by atoms with Crippen molar-refractivity contribution in [2.45, 2.75) is 6.92 Å². The number of rotatable bonds is 5. The van der Waals surface area contributed by atoms with Gasteiger partial charge in [0, 0.05) is 13.1 Å². The van der Waals surface area contributed by atoms with Crippen molar-refractivity contribution < 1.29 is 18.0 Å². The molecule has 1 aliphatic heterocycles. The fourth-order valence-corrected chi connectivity index (χ4v) is 2.19. The van der Waals surface area contributed by atoms with Crippen LogP contribution in [0.5, 0.6) is 0 Å². The van der Waals surface area contributed by atoms with Crippen LogP contribution in [0, 0.1) is 0 Å². The summed E-state index contributed by atoms with van der Waals surface area (Å²) in [4.78, 5) is 23.0. The molecule has 0 saturated carbocycles. The van der Waals surface area contributed by atoms with Crippen LogP contribution in [0.1, 0.15) is 6.92 Å². The van der Waals surface area contributed by atoms with Gasteiger partial charge in [-0.2, -0.15) is 0 Å². The van der Waals surface area contributed by atoms with Crippen LogP contribution in [0.2, 0.25) is 0 Å². The van der Waals surface area contributed by atoms with Gasteiger partial charge < -0.3 is 5.32 Å². The van der Waals surface area contributed by atoms with Crippen LogP contribution < -0.4 is 10.0 Å². The quantitative estimate of drug-likeness (QED) is 0.565. The smallest absolute Gasteiger partial charge is 0.324 e. The number of carbonyl (C=O) groups excluding carboxylic acids is 2. The Morgan fingerprint density at radius 1 is 1.47 bits per heavy atom. The molecule has 2 N–H and O–H groups in total. The number of carbonyl (C=O) groups is 2. The van der Waals surface area contributed by atoms with Gasteiger partial charge in [0.25, 0.3) is 0 Å². The van der Waals surface area contributed by atoms with Crippen molar-refractivity contribution in [3.8, 4) is 0 Å². The van der Waals surface area contributed by atoms with Gasteiger partial charge in [0.15, 0.2) is 0 Å². The summed E-state index contributed by atoms with van der Waals surface area (Å²) < 4.78 is 24.7. The van der Waals surface area contributed by atoms with Crippen molar-refractivity contribution in [2.75, 3.05) is 25.4 Å². The third-order valence-electron chi connectivity index (χ3n) is 1.88. The Bertz CT molecular complexity index is 348. The Labute approximate surface area is 87.9 Å². The average molecular weight is 235 g/mol. The number of hydrogen-bond donors (Lipinski definition) is 2. The zero-order valence-electron chi connectivity index (χ0n) is 8.32. The van der Waals surface area contributed by atoms with Gasteiger partial charge in [-0.1, -0.05) is 6.92 Å². The van der Waals surface area contributed by atoms with E-state index >= 15 is 0 Å². The standard InChI is InChI=1S/C7H13N3O4S/c1-2-9-15(13,14)4-3-10-6(11)5-8-7(10)12/h9H,2-5H2,1H3,(H,8,12). The summed E-state index contributed by atoms with van der Waals surface area (Å²) in [5.41, 5.74) is 0. The summed E-state index contributed by atoms with van der Waals surface area (Å²) in [6.45, 7) is 1.79. The molecule has 0 aromatic carbocycles. The lowest BCUT2D eigenvalue weighted by Crippen LogP contribution is -2.38. The molecule has 15 heavy (non-hydrogen) atoms. The van der Waals surface area contributed by atoms with Gasteiger partial charge in [-0.3, -0.25) is 9.69 Å². The molecule has 1 rings (SSSR count).